The van der Waals surface area contributed by atoms with Gasteiger partial charge in [0.1, 0.15) is 5.69 Å². The van der Waals surface area contributed by atoms with Crippen LogP contribution in [0.1, 0.15) is 28.5 Å². The van der Waals surface area contributed by atoms with E-state index in [0.717, 1.165) is 10.9 Å². The number of nitrogens with one attached hydrogen (secondary N) is 2. The Hall–Kier alpha value is -3.12. The Morgan fingerprint density at radius 2 is 2.00 bits per heavy atom. The number of esters is 1. The maximum absolute atomic E-state index is 12.2. The number of rotatable bonds is 6. The van der Waals surface area contributed by atoms with Crippen molar-refractivity contribution in [2.75, 3.05) is 6.61 Å². The summed E-state index contributed by atoms with van der Waals surface area (Å²) < 4.78 is 5.08. The molecule has 1 aromatic heterocycles. The van der Waals surface area contributed by atoms with Gasteiger partial charge in [-0.3, -0.25) is 4.79 Å². The van der Waals surface area contributed by atoms with Crippen LogP contribution in [0.2, 0.25) is 5.02 Å². The number of aromatic nitrogens is 1. The number of halogens is 1. The van der Waals surface area contributed by atoms with Crippen LogP contribution in [0.3, 0.4) is 0 Å². The third-order valence-electron chi connectivity index (χ3n) is 3.87. The summed E-state index contributed by atoms with van der Waals surface area (Å²) in [5.41, 5.74) is 4.84. The van der Waals surface area contributed by atoms with Crippen molar-refractivity contribution in [1.82, 2.24) is 10.4 Å². The molecule has 138 valence electrons. The van der Waals surface area contributed by atoms with E-state index in [1.165, 1.54) is 6.21 Å². The zero-order valence-corrected chi connectivity index (χ0v) is 15.4. The number of ether oxygens (including phenoxy) is 1. The minimum Gasteiger partial charge on any atom is -0.461 e. The predicted octanol–water partition coefficient (Wildman–Crippen LogP) is 3.69. The van der Waals surface area contributed by atoms with Crippen LogP contribution in [-0.2, 0) is 16.0 Å². The quantitative estimate of drug-likeness (QED) is 0.387. The Balaban J connectivity index is 1.82. The van der Waals surface area contributed by atoms with E-state index in [-0.39, 0.29) is 24.6 Å². The third-order valence-corrected chi connectivity index (χ3v) is 4.11. The molecular weight excluding hydrogens is 366 g/mol. The maximum Gasteiger partial charge on any atom is 0.355 e. The number of fused-ring (bicyclic) bond motifs is 1. The molecular formula is C20H18ClN3O3. The first-order valence-corrected chi connectivity index (χ1v) is 8.80. The summed E-state index contributed by atoms with van der Waals surface area (Å²) in [5, 5.41) is 5.29. The molecule has 2 N–H and O–H groups in total. The minimum atomic E-state index is -0.498. The summed E-state index contributed by atoms with van der Waals surface area (Å²) in [6, 6.07) is 14.6. The molecule has 0 atom stereocenters. The molecule has 0 saturated heterocycles. The summed E-state index contributed by atoms with van der Waals surface area (Å²) in [6.07, 6.45) is 1.65. The van der Waals surface area contributed by atoms with Crippen LogP contribution in [0.4, 0.5) is 0 Å². The number of hydrogen-bond donors (Lipinski definition) is 2. The number of carbonyl (C=O) groups is 2. The highest BCUT2D eigenvalue weighted by Gasteiger charge is 2.18. The molecule has 6 nitrogen and oxygen atoms in total. The van der Waals surface area contributed by atoms with Crippen LogP contribution in [0.15, 0.2) is 53.6 Å². The number of amides is 1. The normalized spacial score (nSPS) is 11.0. The van der Waals surface area contributed by atoms with E-state index in [1.807, 2.05) is 30.3 Å². The van der Waals surface area contributed by atoms with Crippen LogP contribution in [0, 0.1) is 0 Å². The third kappa shape index (κ3) is 4.54. The van der Waals surface area contributed by atoms with E-state index >= 15 is 0 Å². The van der Waals surface area contributed by atoms with E-state index in [2.05, 4.69) is 15.5 Å². The predicted molar refractivity (Wildman–Crippen MR) is 105 cm³/mol. The van der Waals surface area contributed by atoms with Gasteiger partial charge in [0.25, 0.3) is 0 Å². The van der Waals surface area contributed by atoms with E-state index in [0.29, 0.717) is 16.1 Å². The van der Waals surface area contributed by atoms with Crippen LogP contribution in [0.5, 0.6) is 0 Å². The van der Waals surface area contributed by atoms with Gasteiger partial charge in [-0.15, -0.1) is 0 Å². The minimum absolute atomic E-state index is 0.215. The Labute approximate surface area is 161 Å². The van der Waals surface area contributed by atoms with Gasteiger partial charge in [0, 0.05) is 21.5 Å². The molecule has 0 fully saturated rings. The molecule has 0 aliphatic rings. The van der Waals surface area contributed by atoms with Gasteiger partial charge in [-0.2, -0.15) is 5.10 Å². The second kappa shape index (κ2) is 8.51. The summed E-state index contributed by atoms with van der Waals surface area (Å²) in [7, 11) is 0. The van der Waals surface area contributed by atoms with Gasteiger partial charge >= 0.3 is 5.97 Å². The zero-order chi connectivity index (χ0) is 19.2. The first kappa shape index (κ1) is 18.7. The molecule has 1 heterocycles. The molecule has 0 aliphatic heterocycles. The highest BCUT2D eigenvalue weighted by molar-refractivity contribution is 6.31. The molecule has 0 aliphatic carbocycles. The van der Waals surface area contributed by atoms with Gasteiger partial charge in [0.05, 0.1) is 19.2 Å². The molecule has 7 heteroatoms. The summed E-state index contributed by atoms with van der Waals surface area (Å²) in [4.78, 5) is 27.3. The lowest BCUT2D eigenvalue weighted by molar-refractivity contribution is -0.120. The largest absolute Gasteiger partial charge is 0.461 e. The molecule has 3 rings (SSSR count). The van der Waals surface area contributed by atoms with Crippen molar-refractivity contribution in [1.29, 1.82) is 0 Å². The van der Waals surface area contributed by atoms with Crippen LogP contribution in [0.25, 0.3) is 10.9 Å². The summed E-state index contributed by atoms with van der Waals surface area (Å²) >= 11 is 6.02. The summed E-state index contributed by atoms with van der Waals surface area (Å²) in [5.74, 6) is -0.750. The number of nitrogens with zero attached hydrogens (tertiary/aromatic N) is 1. The highest BCUT2D eigenvalue weighted by Crippen LogP contribution is 2.24. The molecule has 0 radical (unpaired) electrons. The van der Waals surface area contributed by atoms with Crippen molar-refractivity contribution in [2.24, 2.45) is 5.10 Å². The van der Waals surface area contributed by atoms with Crippen molar-refractivity contribution in [2.45, 2.75) is 13.3 Å². The van der Waals surface area contributed by atoms with Crippen molar-refractivity contribution in [3.8, 4) is 0 Å². The molecule has 0 unspecified atom stereocenters. The zero-order valence-electron chi connectivity index (χ0n) is 14.7. The molecule has 27 heavy (non-hydrogen) atoms. The average molecular weight is 384 g/mol. The van der Waals surface area contributed by atoms with Crippen LogP contribution < -0.4 is 5.43 Å². The first-order chi connectivity index (χ1) is 13.1. The van der Waals surface area contributed by atoms with Gasteiger partial charge in [-0.05, 0) is 24.6 Å². The van der Waals surface area contributed by atoms with Gasteiger partial charge < -0.3 is 9.72 Å². The van der Waals surface area contributed by atoms with Gasteiger partial charge in [-0.1, -0.05) is 48.0 Å². The molecule has 3 aromatic rings. The second-order valence-corrected chi connectivity index (χ2v) is 6.22. The van der Waals surface area contributed by atoms with Gasteiger partial charge in [0.15, 0.2) is 0 Å². The maximum atomic E-state index is 12.2. The summed E-state index contributed by atoms with van der Waals surface area (Å²) in [6.45, 7) is 1.98. The van der Waals surface area contributed by atoms with Crippen LogP contribution in [-0.4, -0.2) is 29.7 Å². The van der Waals surface area contributed by atoms with Gasteiger partial charge in [0.2, 0.25) is 5.91 Å². The number of aromatic amines is 1. The fourth-order valence-corrected chi connectivity index (χ4v) is 2.85. The Morgan fingerprint density at radius 1 is 1.22 bits per heavy atom. The number of H-pyrrole nitrogens is 1. The van der Waals surface area contributed by atoms with Crippen molar-refractivity contribution in [3.05, 3.63) is 70.4 Å². The number of hydrazone groups is 1. The first-order valence-electron chi connectivity index (χ1n) is 8.42. The van der Waals surface area contributed by atoms with E-state index in [4.69, 9.17) is 16.3 Å². The lowest BCUT2D eigenvalue weighted by Gasteiger charge is -2.02. The standard InChI is InChI=1S/C20H18ClN3O3/c1-2-27-20(26)19-16(15-9-8-14(21)11-17(15)23-19)12-22-24-18(25)10-13-6-4-3-5-7-13/h3-9,11-12,23H,2,10H2,1H3,(H,24,25)/b22-12+. The fraction of sp³-hybridized carbons (Fsp3) is 0.150. The molecule has 2 aromatic carbocycles. The lowest BCUT2D eigenvalue weighted by Crippen LogP contribution is -2.20. The SMILES string of the molecule is CCOC(=O)c1[nH]c2cc(Cl)ccc2c1/C=N/NC(=O)Cc1ccccc1. The lowest BCUT2D eigenvalue weighted by atomic mass is 10.1. The van der Waals surface area contributed by atoms with E-state index in [1.54, 1.807) is 25.1 Å². The Kier molecular flexibility index (Phi) is 5.88. The Bertz CT molecular complexity index is 996. The fourth-order valence-electron chi connectivity index (χ4n) is 2.68. The monoisotopic (exact) mass is 383 g/mol. The van der Waals surface area contributed by atoms with Gasteiger partial charge in [-0.25, -0.2) is 10.2 Å². The Morgan fingerprint density at radius 3 is 2.74 bits per heavy atom. The molecule has 1 amide bonds. The number of carbonyl (C=O) groups excluding carboxylic acids is 2. The number of benzene rings is 2. The highest BCUT2D eigenvalue weighted by atomic mass is 35.5. The number of hydrogen-bond acceptors (Lipinski definition) is 4. The van der Waals surface area contributed by atoms with Crippen molar-refractivity contribution >= 4 is 40.6 Å². The van der Waals surface area contributed by atoms with E-state index in [9.17, 15) is 9.59 Å². The molecule has 0 spiro atoms. The van der Waals surface area contributed by atoms with Crippen molar-refractivity contribution in [3.63, 3.8) is 0 Å². The van der Waals surface area contributed by atoms with E-state index < -0.39 is 5.97 Å². The average Bonchev–Trinajstić information content (AvgIpc) is 3.00. The second-order valence-electron chi connectivity index (χ2n) is 5.78. The molecule has 0 saturated carbocycles. The molecule has 0 bridgehead atoms. The smallest absolute Gasteiger partial charge is 0.355 e. The van der Waals surface area contributed by atoms with Crippen LogP contribution >= 0.6 is 11.6 Å². The van der Waals surface area contributed by atoms with Crippen molar-refractivity contribution < 1.29 is 14.3 Å². The topological polar surface area (TPSA) is 83.6 Å².